The Morgan fingerprint density at radius 2 is 1.70 bits per heavy atom. The van der Waals surface area contributed by atoms with Crippen LogP contribution in [0.5, 0.6) is 11.5 Å². The van der Waals surface area contributed by atoms with Crippen LogP contribution in [-0.4, -0.2) is 27.8 Å². The zero-order chi connectivity index (χ0) is 24.2. The van der Waals surface area contributed by atoms with Crippen LogP contribution < -0.4 is 14.2 Å². The van der Waals surface area contributed by atoms with Gasteiger partial charge < -0.3 is 14.0 Å². The van der Waals surface area contributed by atoms with Gasteiger partial charge in [0, 0.05) is 11.3 Å². The van der Waals surface area contributed by atoms with E-state index in [0.717, 1.165) is 16.9 Å². The zero-order valence-corrected chi connectivity index (χ0v) is 21.4. The molecule has 3 rings (SSSR count). The Balaban J connectivity index is 1.93. The van der Waals surface area contributed by atoms with Crippen LogP contribution in [0.4, 0.5) is 5.82 Å². The highest BCUT2D eigenvalue weighted by Crippen LogP contribution is 2.40. The van der Waals surface area contributed by atoms with E-state index in [-0.39, 0.29) is 16.1 Å². The van der Waals surface area contributed by atoms with Gasteiger partial charge in [-0.1, -0.05) is 56.7 Å². The highest BCUT2D eigenvalue weighted by molar-refractivity contribution is 7.99. The lowest BCUT2D eigenvalue weighted by molar-refractivity contribution is 0.354. The van der Waals surface area contributed by atoms with E-state index >= 15 is 0 Å². The van der Waals surface area contributed by atoms with Gasteiger partial charge >= 0.3 is 0 Å². The quantitative estimate of drug-likeness (QED) is 0.400. The van der Waals surface area contributed by atoms with Gasteiger partial charge in [0.1, 0.15) is 4.90 Å². The van der Waals surface area contributed by atoms with Crippen molar-refractivity contribution in [2.45, 2.75) is 60.6 Å². The number of benzene rings is 2. The van der Waals surface area contributed by atoms with Crippen molar-refractivity contribution >= 4 is 27.6 Å². The molecule has 2 aromatic carbocycles. The predicted octanol–water partition coefficient (Wildman–Crippen LogP) is 5.89. The Hall–Kier alpha value is -2.65. The van der Waals surface area contributed by atoms with E-state index in [1.807, 2.05) is 31.2 Å². The number of nitrogens with one attached hydrogen (secondary N) is 1. The molecular formula is C24H30N2O5S2. The van der Waals surface area contributed by atoms with Crippen molar-refractivity contribution in [3.63, 3.8) is 0 Å². The Bertz CT molecular complexity index is 1200. The van der Waals surface area contributed by atoms with Crippen LogP contribution in [0.1, 0.15) is 45.4 Å². The number of ether oxygens (including phenoxy) is 2. The lowest BCUT2D eigenvalue weighted by Crippen LogP contribution is -2.15. The Morgan fingerprint density at radius 1 is 1.03 bits per heavy atom. The van der Waals surface area contributed by atoms with Crippen LogP contribution in [0.3, 0.4) is 0 Å². The average molecular weight is 491 g/mol. The van der Waals surface area contributed by atoms with E-state index in [9.17, 15) is 8.42 Å². The molecule has 0 fully saturated rings. The molecule has 1 aromatic heterocycles. The first kappa shape index (κ1) is 25.0. The van der Waals surface area contributed by atoms with Gasteiger partial charge in [0.15, 0.2) is 23.1 Å². The first-order valence-electron chi connectivity index (χ1n) is 10.6. The molecule has 9 heteroatoms. The zero-order valence-electron chi connectivity index (χ0n) is 19.8. The van der Waals surface area contributed by atoms with Crippen molar-refractivity contribution in [3.8, 4) is 11.5 Å². The average Bonchev–Trinajstić information content (AvgIpc) is 3.13. The third-order valence-corrected chi connectivity index (χ3v) is 7.50. The lowest BCUT2D eigenvalue weighted by atomic mass is 9.87. The van der Waals surface area contributed by atoms with Crippen molar-refractivity contribution < 1.29 is 22.4 Å². The molecule has 0 radical (unpaired) electrons. The molecule has 0 spiro atoms. The van der Waals surface area contributed by atoms with Crippen LogP contribution in [0.2, 0.25) is 0 Å². The van der Waals surface area contributed by atoms with Crippen LogP contribution in [0, 0.1) is 0 Å². The van der Waals surface area contributed by atoms with E-state index in [4.69, 9.17) is 14.0 Å². The van der Waals surface area contributed by atoms with Gasteiger partial charge in [-0.15, -0.1) is 0 Å². The molecule has 0 bridgehead atoms. The van der Waals surface area contributed by atoms with Crippen molar-refractivity contribution in [2.75, 3.05) is 18.9 Å². The van der Waals surface area contributed by atoms with Crippen molar-refractivity contribution in [1.82, 2.24) is 5.16 Å². The second kappa shape index (κ2) is 10.1. The molecule has 0 saturated heterocycles. The van der Waals surface area contributed by atoms with E-state index in [1.54, 1.807) is 32.4 Å². The molecule has 178 valence electrons. The first-order chi connectivity index (χ1) is 15.6. The van der Waals surface area contributed by atoms with Crippen LogP contribution in [-0.2, 0) is 21.9 Å². The molecule has 0 saturated carbocycles. The van der Waals surface area contributed by atoms with E-state index in [0.29, 0.717) is 28.6 Å². The fourth-order valence-electron chi connectivity index (χ4n) is 3.19. The number of rotatable bonds is 9. The molecule has 0 atom stereocenters. The van der Waals surface area contributed by atoms with Gasteiger partial charge in [0.05, 0.1) is 19.1 Å². The minimum atomic E-state index is -3.85. The van der Waals surface area contributed by atoms with Crippen molar-refractivity contribution in [3.05, 3.63) is 53.8 Å². The summed E-state index contributed by atoms with van der Waals surface area (Å²) in [6, 6.07) is 12.4. The lowest BCUT2D eigenvalue weighted by Gasteiger charge is -2.19. The molecule has 1 heterocycles. The maximum atomic E-state index is 13.1. The summed E-state index contributed by atoms with van der Waals surface area (Å²) in [5.41, 5.74) is 0.984. The largest absolute Gasteiger partial charge is 0.493 e. The maximum absolute atomic E-state index is 13.1. The molecule has 0 aliphatic carbocycles. The number of nitrogens with zero attached hydrogens (tertiary/aromatic N) is 1. The summed E-state index contributed by atoms with van der Waals surface area (Å²) in [6.07, 6.45) is 1.46. The molecule has 7 nitrogen and oxygen atoms in total. The van der Waals surface area contributed by atoms with Gasteiger partial charge in [-0.05, 0) is 47.7 Å². The van der Waals surface area contributed by atoms with E-state index < -0.39 is 10.0 Å². The van der Waals surface area contributed by atoms with E-state index in [1.165, 1.54) is 11.8 Å². The van der Waals surface area contributed by atoms with Crippen LogP contribution in [0.15, 0.2) is 61.7 Å². The smallest absolute Gasteiger partial charge is 0.263 e. The molecule has 0 amide bonds. The number of aryl methyl sites for hydroxylation is 1. The Labute approximate surface area is 199 Å². The summed E-state index contributed by atoms with van der Waals surface area (Å²) < 4.78 is 45.0. The number of methoxy groups -OCH3 is 2. The van der Waals surface area contributed by atoms with Crippen LogP contribution in [0.25, 0.3) is 0 Å². The number of hydrogen-bond donors (Lipinski definition) is 1. The normalized spacial score (nSPS) is 11.9. The minimum absolute atomic E-state index is 0.0693. The Morgan fingerprint density at radius 3 is 2.27 bits per heavy atom. The Kier molecular flexibility index (Phi) is 7.64. The third-order valence-electron chi connectivity index (χ3n) is 5.03. The summed E-state index contributed by atoms with van der Waals surface area (Å²) in [5.74, 6) is 1.98. The second-order valence-corrected chi connectivity index (χ2v) is 11.3. The van der Waals surface area contributed by atoms with Gasteiger partial charge in [0.2, 0.25) is 0 Å². The fourth-order valence-corrected chi connectivity index (χ4v) is 5.24. The standard InChI is InChI=1S/C24H30N2O5S2/c1-7-8-20-22(32-17-11-14-19(29-5)21(15-17)30-6)23(25-31-20)26-33(27,28)18-12-9-16(10-13-18)24(2,3)4/h9-15H,7-8H2,1-6H3,(H,25,26). The molecule has 33 heavy (non-hydrogen) atoms. The highest BCUT2D eigenvalue weighted by Gasteiger charge is 2.24. The van der Waals surface area contributed by atoms with Crippen LogP contribution >= 0.6 is 11.8 Å². The summed E-state index contributed by atoms with van der Waals surface area (Å²) in [6.45, 7) is 8.26. The summed E-state index contributed by atoms with van der Waals surface area (Å²) in [5, 5.41) is 4.03. The number of anilines is 1. The highest BCUT2D eigenvalue weighted by atomic mass is 32.2. The third kappa shape index (κ3) is 5.83. The van der Waals surface area contributed by atoms with Gasteiger partial charge in [-0.3, -0.25) is 4.72 Å². The summed E-state index contributed by atoms with van der Waals surface area (Å²) >= 11 is 1.36. The van der Waals surface area contributed by atoms with Gasteiger partial charge in [-0.2, -0.15) is 0 Å². The molecule has 1 N–H and O–H groups in total. The minimum Gasteiger partial charge on any atom is -0.493 e. The second-order valence-electron chi connectivity index (χ2n) is 8.53. The molecule has 3 aromatic rings. The fraction of sp³-hybridized carbons (Fsp3) is 0.375. The maximum Gasteiger partial charge on any atom is 0.263 e. The SMILES string of the molecule is CCCc1onc(NS(=O)(=O)c2ccc(C(C)(C)C)cc2)c1Sc1ccc(OC)c(OC)c1. The molecular weight excluding hydrogens is 460 g/mol. The first-order valence-corrected chi connectivity index (χ1v) is 12.9. The molecule has 0 aliphatic rings. The number of hydrogen-bond acceptors (Lipinski definition) is 7. The number of aromatic nitrogens is 1. The predicted molar refractivity (Wildman–Crippen MR) is 130 cm³/mol. The van der Waals surface area contributed by atoms with Gasteiger partial charge in [-0.25, -0.2) is 8.42 Å². The van der Waals surface area contributed by atoms with Crippen molar-refractivity contribution in [1.29, 1.82) is 0 Å². The number of sulfonamides is 1. The summed E-state index contributed by atoms with van der Waals surface area (Å²) in [7, 11) is -0.703. The van der Waals surface area contributed by atoms with Crippen molar-refractivity contribution in [2.24, 2.45) is 0 Å². The monoisotopic (exact) mass is 490 g/mol. The topological polar surface area (TPSA) is 90.7 Å². The van der Waals surface area contributed by atoms with E-state index in [2.05, 4.69) is 30.6 Å². The van der Waals surface area contributed by atoms with Gasteiger partial charge in [0.25, 0.3) is 10.0 Å². The molecule has 0 aliphatic heterocycles. The summed E-state index contributed by atoms with van der Waals surface area (Å²) in [4.78, 5) is 1.62. The molecule has 0 unspecified atom stereocenters.